The summed E-state index contributed by atoms with van der Waals surface area (Å²) in [5.41, 5.74) is 1.70. The number of nitrogens with one attached hydrogen (secondary N) is 1. The van der Waals surface area contributed by atoms with E-state index in [1.54, 1.807) is 23.7 Å². The van der Waals surface area contributed by atoms with Gasteiger partial charge in [0.05, 0.1) is 6.04 Å². The standard InChI is InChI=1S/C23H25N3O2S/c27-23(25-16-21(22-4-3-15-29-22)26-13-1-2-14-26)19-5-7-20(8-6-19)28-17-18-9-11-24-12-10-18/h3-12,15,21H,1-2,13-14,16-17H2,(H,25,27)/t21-/m1/s1. The molecule has 150 valence electrons. The maximum Gasteiger partial charge on any atom is 0.251 e. The van der Waals surface area contributed by atoms with E-state index in [-0.39, 0.29) is 11.9 Å². The molecule has 3 aromatic rings. The normalized spacial score (nSPS) is 15.2. The van der Waals surface area contributed by atoms with Crippen LogP contribution in [0.2, 0.25) is 0 Å². The van der Waals surface area contributed by atoms with Crippen molar-refractivity contribution < 1.29 is 9.53 Å². The van der Waals surface area contributed by atoms with E-state index in [0.717, 1.165) is 24.4 Å². The first-order valence-corrected chi connectivity index (χ1v) is 10.8. The Bertz CT molecular complexity index is 892. The van der Waals surface area contributed by atoms with E-state index in [9.17, 15) is 4.79 Å². The van der Waals surface area contributed by atoms with Crippen LogP contribution in [0.15, 0.2) is 66.3 Å². The number of ether oxygens (including phenoxy) is 1. The maximum atomic E-state index is 12.7. The molecule has 4 rings (SSSR count). The molecule has 1 N–H and O–H groups in total. The molecule has 0 unspecified atom stereocenters. The van der Waals surface area contributed by atoms with Gasteiger partial charge in [0.1, 0.15) is 12.4 Å². The van der Waals surface area contributed by atoms with Crippen LogP contribution in [-0.2, 0) is 6.61 Å². The van der Waals surface area contributed by atoms with Gasteiger partial charge in [-0.25, -0.2) is 0 Å². The highest BCUT2D eigenvalue weighted by Crippen LogP contribution is 2.28. The third kappa shape index (κ3) is 5.22. The van der Waals surface area contributed by atoms with Gasteiger partial charge >= 0.3 is 0 Å². The van der Waals surface area contributed by atoms with Gasteiger partial charge in [-0.3, -0.25) is 14.7 Å². The Hall–Kier alpha value is -2.70. The van der Waals surface area contributed by atoms with Crippen LogP contribution >= 0.6 is 11.3 Å². The number of rotatable bonds is 8. The van der Waals surface area contributed by atoms with Crippen molar-refractivity contribution in [3.8, 4) is 5.75 Å². The molecule has 2 aromatic heterocycles. The van der Waals surface area contributed by atoms with Gasteiger partial charge in [0, 0.05) is 29.4 Å². The van der Waals surface area contributed by atoms with Crippen molar-refractivity contribution in [3.05, 3.63) is 82.3 Å². The van der Waals surface area contributed by atoms with Crippen molar-refractivity contribution in [2.45, 2.75) is 25.5 Å². The van der Waals surface area contributed by atoms with Crippen molar-refractivity contribution in [2.75, 3.05) is 19.6 Å². The lowest BCUT2D eigenvalue weighted by atomic mass is 10.1. The fourth-order valence-corrected chi connectivity index (χ4v) is 4.44. The summed E-state index contributed by atoms with van der Waals surface area (Å²) in [6, 6.07) is 15.6. The highest BCUT2D eigenvalue weighted by Gasteiger charge is 2.24. The molecular weight excluding hydrogens is 382 g/mol. The highest BCUT2D eigenvalue weighted by atomic mass is 32.1. The quantitative estimate of drug-likeness (QED) is 0.605. The van der Waals surface area contributed by atoms with E-state index in [1.165, 1.54) is 17.7 Å². The van der Waals surface area contributed by atoms with Crippen LogP contribution in [0.25, 0.3) is 0 Å². The second-order valence-corrected chi connectivity index (χ2v) is 8.13. The number of aromatic nitrogens is 1. The van der Waals surface area contributed by atoms with E-state index in [0.29, 0.717) is 18.7 Å². The van der Waals surface area contributed by atoms with Crippen LogP contribution in [0.1, 0.15) is 39.7 Å². The summed E-state index contributed by atoms with van der Waals surface area (Å²) in [7, 11) is 0. The Balaban J connectivity index is 1.33. The smallest absolute Gasteiger partial charge is 0.251 e. The van der Waals surface area contributed by atoms with E-state index in [4.69, 9.17) is 4.74 Å². The van der Waals surface area contributed by atoms with E-state index < -0.39 is 0 Å². The Labute approximate surface area is 175 Å². The molecule has 0 aliphatic carbocycles. The Morgan fingerprint density at radius 3 is 2.55 bits per heavy atom. The molecule has 3 heterocycles. The van der Waals surface area contributed by atoms with Gasteiger partial charge in [0.25, 0.3) is 5.91 Å². The minimum atomic E-state index is -0.0496. The van der Waals surface area contributed by atoms with E-state index in [1.807, 2.05) is 36.4 Å². The fraction of sp³-hybridized carbons (Fsp3) is 0.304. The van der Waals surface area contributed by atoms with Gasteiger partial charge in [-0.15, -0.1) is 11.3 Å². The lowest BCUT2D eigenvalue weighted by Gasteiger charge is -2.27. The molecule has 6 heteroatoms. The monoisotopic (exact) mass is 407 g/mol. The van der Waals surface area contributed by atoms with Crippen molar-refractivity contribution >= 4 is 17.2 Å². The third-order valence-corrected chi connectivity index (χ3v) is 6.15. The number of hydrogen-bond acceptors (Lipinski definition) is 5. The average Bonchev–Trinajstić information content (AvgIpc) is 3.48. The van der Waals surface area contributed by atoms with Crippen LogP contribution in [-0.4, -0.2) is 35.4 Å². The number of pyridine rings is 1. The summed E-state index contributed by atoms with van der Waals surface area (Å²) in [6.45, 7) is 3.30. The number of carbonyl (C=O) groups excluding carboxylic acids is 1. The molecule has 1 saturated heterocycles. The number of carbonyl (C=O) groups is 1. The van der Waals surface area contributed by atoms with Crippen molar-refractivity contribution in [2.24, 2.45) is 0 Å². The first-order chi connectivity index (χ1) is 14.3. The number of benzene rings is 1. The lowest BCUT2D eigenvalue weighted by Crippen LogP contribution is -2.36. The second-order valence-electron chi connectivity index (χ2n) is 7.15. The van der Waals surface area contributed by atoms with Crippen LogP contribution in [0, 0.1) is 0 Å². The van der Waals surface area contributed by atoms with Crippen molar-refractivity contribution in [3.63, 3.8) is 0 Å². The Morgan fingerprint density at radius 2 is 1.86 bits per heavy atom. The predicted octanol–water partition coefficient (Wildman–Crippen LogP) is 4.29. The highest BCUT2D eigenvalue weighted by molar-refractivity contribution is 7.10. The molecule has 1 amide bonds. The summed E-state index contributed by atoms with van der Waals surface area (Å²) < 4.78 is 5.78. The predicted molar refractivity (Wildman–Crippen MR) is 115 cm³/mol. The van der Waals surface area contributed by atoms with Gasteiger partial charge in [-0.1, -0.05) is 6.07 Å². The summed E-state index contributed by atoms with van der Waals surface area (Å²) >= 11 is 1.76. The van der Waals surface area contributed by atoms with Gasteiger partial charge in [-0.05, 0) is 79.3 Å². The number of likely N-dealkylation sites (tertiary alicyclic amines) is 1. The van der Waals surface area contributed by atoms with Crippen LogP contribution < -0.4 is 10.1 Å². The molecule has 0 spiro atoms. The van der Waals surface area contributed by atoms with E-state index in [2.05, 4.69) is 32.7 Å². The van der Waals surface area contributed by atoms with Crippen LogP contribution in [0.3, 0.4) is 0 Å². The van der Waals surface area contributed by atoms with Gasteiger partial charge in [-0.2, -0.15) is 0 Å². The lowest BCUT2D eigenvalue weighted by molar-refractivity contribution is 0.0938. The molecule has 5 nitrogen and oxygen atoms in total. The first kappa shape index (κ1) is 19.6. The Morgan fingerprint density at radius 1 is 1.10 bits per heavy atom. The summed E-state index contributed by atoms with van der Waals surface area (Å²) in [5.74, 6) is 0.693. The largest absolute Gasteiger partial charge is 0.489 e. The molecule has 1 aromatic carbocycles. The van der Waals surface area contributed by atoms with E-state index >= 15 is 0 Å². The van der Waals surface area contributed by atoms with Gasteiger partial charge in [0.15, 0.2) is 0 Å². The molecule has 1 aliphatic heterocycles. The Kier molecular flexibility index (Phi) is 6.54. The number of hydrogen-bond donors (Lipinski definition) is 1. The van der Waals surface area contributed by atoms with Crippen LogP contribution in [0.4, 0.5) is 0 Å². The topological polar surface area (TPSA) is 54.5 Å². The maximum absolute atomic E-state index is 12.7. The van der Waals surface area contributed by atoms with Crippen molar-refractivity contribution in [1.29, 1.82) is 0 Å². The SMILES string of the molecule is O=C(NC[C@H](c1cccs1)N1CCCC1)c1ccc(OCc2ccncc2)cc1. The number of amides is 1. The molecule has 0 saturated carbocycles. The minimum Gasteiger partial charge on any atom is -0.489 e. The summed E-state index contributed by atoms with van der Waals surface area (Å²) in [6.07, 6.45) is 5.96. The third-order valence-electron chi connectivity index (χ3n) is 5.18. The second kappa shape index (κ2) is 9.67. The molecule has 29 heavy (non-hydrogen) atoms. The zero-order valence-electron chi connectivity index (χ0n) is 16.3. The molecule has 1 fully saturated rings. The number of thiophene rings is 1. The van der Waals surface area contributed by atoms with Gasteiger partial charge in [0.2, 0.25) is 0 Å². The molecule has 0 radical (unpaired) electrons. The zero-order valence-corrected chi connectivity index (χ0v) is 17.1. The molecular formula is C23H25N3O2S. The number of nitrogens with zero attached hydrogens (tertiary/aromatic N) is 2. The molecule has 0 bridgehead atoms. The van der Waals surface area contributed by atoms with Gasteiger partial charge < -0.3 is 10.1 Å². The molecule has 1 atom stereocenters. The minimum absolute atomic E-state index is 0.0496. The van der Waals surface area contributed by atoms with Crippen molar-refractivity contribution in [1.82, 2.24) is 15.2 Å². The zero-order chi connectivity index (χ0) is 19.9. The first-order valence-electron chi connectivity index (χ1n) is 9.97. The molecule has 1 aliphatic rings. The summed E-state index contributed by atoms with van der Waals surface area (Å²) in [4.78, 5) is 20.4. The summed E-state index contributed by atoms with van der Waals surface area (Å²) in [5, 5.41) is 5.22. The fourth-order valence-electron chi connectivity index (χ4n) is 3.58. The van der Waals surface area contributed by atoms with Crippen LogP contribution in [0.5, 0.6) is 5.75 Å². The average molecular weight is 408 g/mol.